The van der Waals surface area contributed by atoms with E-state index in [1.807, 2.05) is 0 Å². The van der Waals surface area contributed by atoms with Crippen LogP contribution < -0.4 is 31.9 Å². The standard InChI is InChI=1S/C32H46N6O13/c1-15(2)11-20(37-31(49)26(17(4)39)34-18(5)40)29(47)36-21(13-24(41)42)28(46)33-16(3)27(45)35-22(14-25(43)44)30(48)38-23(32(50)51)12-19-9-7-6-8-10-19/h6-10,15-17,20-23,26,39H,11-14H2,1-5H3,(H,33,46)(H,34,40)(H,35,45)(H,36,47)(H,37,49)(H,38,48)(H,41,42)(H,43,44)(H,50,51)/t16-,17-,20-,21-,22-,23-,26-/m0/s1. The van der Waals surface area contributed by atoms with Crippen molar-refractivity contribution in [3.8, 4) is 0 Å². The van der Waals surface area contributed by atoms with Gasteiger partial charge in [0, 0.05) is 13.3 Å². The van der Waals surface area contributed by atoms with Crippen molar-refractivity contribution in [1.82, 2.24) is 31.9 Å². The zero-order valence-electron chi connectivity index (χ0n) is 28.8. The maximum atomic E-state index is 13.2. The van der Waals surface area contributed by atoms with E-state index in [2.05, 4.69) is 31.9 Å². The molecule has 0 aliphatic heterocycles. The van der Waals surface area contributed by atoms with E-state index in [9.17, 15) is 63.6 Å². The van der Waals surface area contributed by atoms with Gasteiger partial charge in [-0.2, -0.15) is 0 Å². The SMILES string of the molecule is CC(=O)N[C@H](C(=O)N[C@@H](CC(C)C)C(=O)N[C@@H](CC(=O)O)C(=O)N[C@@H](C)C(=O)N[C@@H](CC(=O)O)C(=O)N[C@@H](Cc1ccccc1)C(=O)O)[C@H](C)O. The first-order valence-corrected chi connectivity index (χ1v) is 15.9. The highest BCUT2D eigenvalue weighted by Gasteiger charge is 2.34. The van der Waals surface area contributed by atoms with Gasteiger partial charge in [0.25, 0.3) is 0 Å². The van der Waals surface area contributed by atoms with E-state index in [1.54, 1.807) is 44.2 Å². The second-order valence-electron chi connectivity index (χ2n) is 12.2. The first-order valence-electron chi connectivity index (χ1n) is 15.9. The first-order chi connectivity index (χ1) is 23.7. The van der Waals surface area contributed by atoms with E-state index >= 15 is 0 Å². The predicted molar refractivity (Wildman–Crippen MR) is 176 cm³/mol. The maximum Gasteiger partial charge on any atom is 0.326 e. The molecule has 1 aromatic carbocycles. The summed E-state index contributed by atoms with van der Waals surface area (Å²) in [5.41, 5.74) is 0.551. The summed E-state index contributed by atoms with van der Waals surface area (Å²) in [5, 5.41) is 51.7. The highest BCUT2D eigenvalue weighted by atomic mass is 16.4. The zero-order chi connectivity index (χ0) is 39.0. The van der Waals surface area contributed by atoms with E-state index in [0.717, 1.165) is 13.8 Å². The Morgan fingerprint density at radius 3 is 1.49 bits per heavy atom. The molecule has 0 fully saturated rings. The Morgan fingerprint density at radius 2 is 1.04 bits per heavy atom. The number of carbonyl (C=O) groups excluding carboxylic acids is 6. The minimum atomic E-state index is -1.80. The number of carboxylic acid groups (broad SMARTS) is 3. The van der Waals surface area contributed by atoms with Gasteiger partial charge in [0.1, 0.15) is 36.3 Å². The smallest absolute Gasteiger partial charge is 0.326 e. The number of benzene rings is 1. The fourth-order valence-corrected chi connectivity index (χ4v) is 4.63. The molecule has 19 heteroatoms. The summed E-state index contributed by atoms with van der Waals surface area (Å²) in [6, 6.07) is -1.17. The lowest BCUT2D eigenvalue weighted by Crippen LogP contribution is -2.60. The molecule has 0 aromatic heterocycles. The number of hydrogen-bond donors (Lipinski definition) is 10. The third-order valence-corrected chi connectivity index (χ3v) is 7.14. The molecule has 10 N–H and O–H groups in total. The van der Waals surface area contributed by atoms with Crippen LogP contribution in [-0.2, 0) is 49.6 Å². The van der Waals surface area contributed by atoms with Gasteiger partial charge in [-0.1, -0.05) is 44.2 Å². The van der Waals surface area contributed by atoms with Crippen molar-refractivity contribution in [3.05, 3.63) is 35.9 Å². The number of amides is 6. The Kier molecular flexibility index (Phi) is 17.7. The quantitative estimate of drug-likeness (QED) is 0.0636. The van der Waals surface area contributed by atoms with Crippen molar-refractivity contribution < 1.29 is 63.6 Å². The Morgan fingerprint density at radius 1 is 0.588 bits per heavy atom. The Labute approximate surface area is 293 Å². The van der Waals surface area contributed by atoms with E-state index in [4.69, 9.17) is 0 Å². The summed E-state index contributed by atoms with van der Waals surface area (Å²) < 4.78 is 0. The molecule has 0 saturated carbocycles. The van der Waals surface area contributed by atoms with Crippen LogP contribution in [0.15, 0.2) is 30.3 Å². The van der Waals surface area contributed by atoms with Gasteiger partial charge in [0.05, 0.1) is 18.9 Å². The highest BCUT2D eigenvalue weighted by Crippen LogP contribution is 2.09. The summed E-state index contributed by atoms with van der Waals surface area (Å²) >= 11 is 0. The summed E-state index contributed by atoms with van der Waals surface area (Å²) in [6.07, 6.45) is -3.46. The van der Waals surface area contributed by atoms with E-state index in [-0.39, 0.29) is 18.8 Å². The number of carbonyl (C=O) groups is 9. The van der Waals surface area contributed by atoms with Crippen molar-refractivity contribution in [3.63, 3.8) is 0 Å². The molecule has 7 atom stereocenters. The lowest BCUT2D eigenvalue weighted by atomic mass is 10.0. The molecule has 0 bridgehead atoms. The molecule has 0 aliphatic carbocycles. The second-order valence-corrected chi connectivity index (χ2v) is 12.2. The molecule has 6 amide bonds. The van der Waals surface area contributed by atoms with Gasteiger partial charge in [-0.05, 0) is 31.7 Å². The number of rotatable bonds is 21. The molecular formula is C32H46N6O13. The van der Waals surface area contributed by atoms with Crippen LogP contribution in [-0.4, -0.2) is 116 Å². The van der Waals surface area contributed by atoms with Crippen molar-refractivity contribution in [2.45, 2.75) is 103 Å². The van der Waals surface area contributed by atoms with Crippen LogP contribution in [0.1, 0.15) is 59.4 Å². The molecule has 1 rings (SSSR count). The molecule has 19 nitrogen and oxygen atoms in total. The van der Waals surface area contributed by atoms with Gasteiger partial charge in [-0.15, -0.1) is 0 Å². The van der Waals surface area contributed by atoms with Gasteiger partial charge >= 0.3 is 17.9 Å². The Hall–Kier alpha value is -5.59. The Bertz CT molecular complexity index is 1440. The Balaban J connectivity index is 3.10. The average molecular weight is 723 g/mol. The number of aliphatic carboxylic acids is 3. The molecule has 0 aliphatic rings. The van der Waals surface area contributed by atoms with Gasteiger partial charge in [-0.3, -0.25) is 38.4 Å². The van der Waals surface area contributed by atoms with Crippen LogP contribution in [0.4, 0.5) is 0 Å². The fraction of sp³-hybridized carbons (Fsp3) is 0.531. The monoisotopic (exact) mass is 722 g/mol. The fourth-order valence-electron chi connectivity index (χ4n) is 4.63. The summed E-state index contributed by atoms with van der Waals surface area (Å²) in [4.78, 5) is 112. The van der Waals surface area contributed by atoms with Crippen molar-refractivity contribution in [1.29, 1.82) is 0 Å². The lowest BCUT2D eigenvalue weighted by Gasteiger charge is -2.27. The van der Waals surface area contributed by atoms with Gasteiger partial charge in [0.2, 0.25) is 35.4 Å². The molecule has 0 spiro atoms. The molecular weight excluding hydrogens is 676 g/mol. The van der Waals surface area contributed by atoms with Gasteiger partial charge in [0.15, 0.2) is 0 Å². The molecule has 51 heavy (non-hydrogen) atoms. The van der Waals surface area contributed by atoms with Crippen LogP contribution in [0.3, 0.4) is 0 Å². The predicted octanol–water partition coefficient (Wildman–Crippen LogP) is -2.36. The molecule has 0 unspecified atom stereocenters. The van der Waals surface area contributed by atoms with Crippen LogP contribution in [0.2, 0.25) is 0 Å². The number of aliphatic hydroxyl groups excluding tert-OH is 1. The van der Waals surface area contributed by atoms with Gasteiger partial charge < -0.3 is 52.3 Å². The molecule has 282 valence electrons. The topological polar surface area (TPSA) is 307 Å². The van der Waals surface area contributed by atoms with E-state index in [1.165, 1.54) is 6.92 Å². The third kappa shape index (κ3) is 16.1. The normalized spacial score (nSPS) is 15.0. The number of carboxylic acids is 3. The van der Waals surface area contributed by atoms with Crippen LogP contribution in [0, 0.1) is 5.92 Å². The van der Waals surface area contributed by atoms with Crippen molar-refractivity contribution in [2.75, 3.05) is 0 Å². The first kappa shape index (κ1) is 43.4. The maximum absolute atomic E-state index is 13.2. The molecule has 0 saturated heterocycles. The third-order valence-electron chi connectivity index (χ3n) is 7.14. The summed E-state index contributed by atoms with van der Waals surface area (Å²) in [6.45, 7) is 6.88. The number of hydrogen-bond acceptors (Lipinski definition) is 10. The van der Waals surface area contributed by atoms with Gasteiger partial charge in [-0.25, -0.2) is 4.79 Å². The van der Waals surface area contributed by atoms with Crippen molar-refractivity contribution >= 4 is 53.4 Å². The average Bonchev–Trinajstić information content (AvgIpc) is 3.01. The van der Waals surface area contributed by atoms with Crippen molar-refractivity contribution in [2.24, 2.45) is 5.92 Å². The molecule has 0 heterocycles. The lowest BCUT2D eigenvalue weighted by molar-refractivity contribution is -0.143. The number of nitrogens with one attached hydrogen (secondary N) is 6. The van der Waals surface area contributed by atoms with Crippen LogP contribution >= 0.6 is 0 Å². The molecule has 0 radical (unpaired) electrons. The van der Waals surface area contributed by atoms with Crippen LogP contribution in [0.25, 0.3) is 0 Å². The second kappa shape index (κ2) is 20.8. The van der Waals surface area contributed by atoms with E-state index < -0.39 is 109 Å². The zero-order valence-corrected chi connectivity index (χ0v) is 28.8. The minimum absolute atomic E-state index is 0.00843. The summed E-state index contributed by atoms with van der Waals surface area (Å²) in [7, 11) is 0. The minimum Gasteiger partial charge on any atom is -0.481 e. The molecule has 1 aromatic rings. The number of aliphatic hydroxyl groups is 1. The van der Waals surface area contributed by atoms with E-state index in [0.29, 0.717) is 5.56 Å². The van der Waals surface area contributed by atoms with Crippen LogP contribution in [0.5, 0.6) is 0 Å². The largest absolute Gasteiger partial charge is 0.481 e. The highest BCUT2D eigenvalue weighted by molar-refractivity contribution is 5.98. The summed E-state index contributed by atoms with van der Waals surface area (Å²) in [5.74, 6) is -10.7.